The maximum Gasteiger partial charge on any atom is 0.119 e. The minimum absolute atomic E-state index is 0.0748. The molecule has 4 aromatic rings. The van der Waals surface area contributed by atoms with Crippen molar-refractivity contribution in [1.82, 2.24) is 0 Å². The van der Waals surface area contributed by atoms with Crippen molar-refractivity contribution in [3.8, 4) is 23.0 Å². The van der Waals surface area contributed by atoms with E-state index in [1.165, 1.54) is 47.9 Å². The molecule has 4 aromatic carbocycles. The second-order valence-corrected chi connectivity index (χ2v) is 18.6. The molecule has 4 nitrogen and oxygen atoms in total. The van der Waals surface area contributed by atoms with E-state index in [0.29, 0.717) is 38.3 Å². The van der Waals surface area contributed by atoms with Gasteiger partial charge in [0, 0.05) is 10.8 Å². The molecule has 312 valence electrons. The highest BCUT2D eigenvalue weighted by molar-refractivity contribution is 5.46. The Morgan fingerprint density at radius 1 is 0.424 bits per heavy atom. The molecule has 2 fully saturated rings. The molecule has 0 radical (unpaired) electrons. The lowest BCUT2D eigenvalue weighted by Crippen LogP contribution is -2.43. The summed E-state index contributed by atoms with van der Waals surface area (Å²) in [6, 6.07) is 35.5. The van der Waals surface area contributed by atoms with Crippen molar-refractivity contribution >= 4 is 0 Å². The summed E-state index contributed by atoms with van der Waals surface area (Å²) in [6.45, 7) is 31.3. The van der Waals surface area contributed by atoms with Gasteiger partial charge < -0.3 is 18.9 Å². The quantitative estimate of drug-likeness (QED) is 0.0941. The van der Waals surface area contributed by atoms with Gasteiger partial charge in [-0.3, -0.25) is 0 Å². The fourth-order valence-electron chi connectivity index (χ4n) is 9.84. The van der Waals surface area contributed by atoms with Crippen LogP contribution in [0.5, 0.6) is 23.0 Å². The van der Waals surface area contributed by atoms with Gasteiger partial charge in [-0.2, -0.15) is 0 Å². The monoisotopic (exact) mass is 793 g/mol. The van der Waals surface area contributed by atoms with Crippen molar-refractivity contribution in [3.05, 3.63) is 168 Å². The zero-order chi connectivity index (χ0) is 42.2. The Kier molecular flexibility index (Phi) is 14.0. The summed E-state index contributed by atoms with van der Waals surface area (Å²) in [5.74, 6) is 4.82. The number of ether oxygens (including phenoxy) is 4. The maximum atomic E-state index is 6.02. The van der Waals surface area contributed by atoms with E-state index in [1.807, 2.05) is 27.7 Å². The molecule has 2 saturated carbocycles. The standard InChI is InChI=1S/C55H68O4/c1-39(2)35-56-49-19-11-45(12-20-49)54(46-13-21-50(22-14-46)57-36-40(3)4)31-27-43(28-32-54)53(9,10)44-29-33-55(34-30-44,47-15-23-51(24-16-47)58-37-41(5)6)48-17-25-52(26-18-48)59-38-42(7)8/h11-26,43-44H,1,3,5,7,27-38H2,2,4,6,8-10H3. The molecule has 0 heterocycles. The van der Waals surface area contributed by atoms with Gasteiger partial charge in [0.25, 0.3) is 0 Å². The van der Waals surface area contributed by atoms with Crippen molar-refractivity contribution in [2.24, 2.45) is 17.3 Å². The summed E-state index contributed by atoms with van der Waals surface area (Å²) < 4.78 is 24.1. The first-order valence-corrected chi connectivity index (χ1v) is 21.7. The smallest absolute Gasteiger partial charge is 0.119 e. The van der Waals surface area contributed by atoms with E-state index >= 15 is 0 Å². The van der Waals surface area contributed by atoms with Gasteiger partial charge in [0.2, 0.25) is 0 Å². The minimum atomic E-state index is -0.0748. The minimum Gasteiger partial charge on any atom is -0.489 e. The Morgan fingerprint density at radius 2 is 0.627 bits per heavy atom. The second-order valence-electron chi connectivity index (χ2n) is 18.6. The molecule has 0 N–H and O–H groups in total. The molecule has 2 aliphatic rings. The van der Waals surface area contributed by atoms with Gasteiger partial charge in [-0.1, -0.05) is 88.7 Å². The summed E-state index contributed by atoms with van der Waals surface area (Å²) in [4.78, 5) is 0. The molecular formula is C55H68O4. The Labute approximate surface area is 356 Å². The van der Waals surface area contributed by atoms with Crippen LogP contribution >= 0.6 is 0 Å². The maximum absolute atomic E-state index is 6.02. The third-order valence-electron chi connectivity index (χ3n) is 13.4. The summed E-state index contributed by atoms with van der Waals surface area (Å²) in [6.07, 6.45) is 9.18. The lowest BCUT2D eigenvalue weighted by Gasteiger charge is -2.51. The predicted octanol–water partition coefficient (Wildman–Crippen LogP) is 14.2. The van der Waals surface area contributed by atoms with Crippen molar-refractivity contribution in [3.63, 3.8) is 0 Å². The van der Waals surface area contributed by atoms with Crippen LogP contribution in [-0.2, 0) is 10.8 Å². The van der Waals surface area contributed by atoms with Gasteiger partial charge >= 0.3 is 0 Å². The summed E-state index contributed by atoms with van der Waals surface area (Å²) in [5.41, 5.74) is 9.57. The molecule has 59 heavy (non-hydrogen) atoms. The first-order chi connectivity index (χ1) is 28.2. The van der Waals surface area contributed by atoms with Crippen molar-refractivity contribution < 1.29 is 18.9 Å². The number of hydrogen-bond donors (Lipinski definition) is 0. The normalized spacial score (nSPS) is 16.8. The SMILES string of the molecule is C=C(C)COc1ccc(C2(c3ccc(OCC(=C)C)cc3)CCC(C(C)(C)C3CCC(c4ccc(OCC(=C)C)cc4)(c4ccc(OCC(=C)C)cc4)CC3)CC2)cc1. The van der Waals surface area contributed by atoms with Crippen LogP contribution in [0.2, 0.25) is 0 Å². The van der Waals surface area contributed by atoms with E-state index in [1.54, 1.807) is 0 Å². The van der Waals surface area contributed by atoms with Crippen LogP contribution in [-0.4, -0.2) is 26.4 Å². The van der Waals surface area contributed by atoms with E-state index in [-0.39, 0.29) is 16.2 Å². The van der Waals surface area contributed by atoms with Crippen LogP contribution in [0.15, 0.2) is 146 Å². The molecule has 2 aliphatic carbocycles. The molecule has 6 rings (SSSR count). The lowest BCUT2D eigenvalue weighted by molar-refractivity contribution is 0.0364. The van der Waals surface area contributed by atoms with Crippen LogP contribution in [0.25, 0.3) is 0 Å². The van der Waals surface area contributed by atoms with E-state index in [0.717, 1.165) is 71.0 Å². The van der Waals surface area contributed by atoms with E-state index < -0.39 is 0 Å². The predicted molar refractivity (Wildman–Crippen MR) is 246 cm³/mol. The average molecular weight is 793 g/mol. The summed E-state index contributed by atoms with van der Waals surface area (Å²) in [7, 11) is 0. The van der Waals surface area contributed by atoms with Crippen LogP contribution < -0.4 is 18.9 Å². The fourth-order valence-corrected chi connectivity index (χ4v) is 9.84. The van der Waals surface area contributed by atoms with Gasteiger partial charge in [-0.05, 0) is 189 Å². The first kappa shape index (κ1) is 43.6. The van der Waals surface area contributed by atoms with Gasteiger partial charge in [0.05, 0.1) is 0 Å². The van der Waals surface area contributed by atoms with Crippen molar-refractivity contribution in [2.75, 3.05) is 26.4 Å². The Balaban J connectivity index is 1.21. The highest BCUT2D eigenvalue weighted by Crippen LogP contribution is 2.57. The first-order valence-electron chi connectivity index (χ1n) is 21.7. The van der Waals surface area contributed by atoms with Crippen molar-refractivity contribution in [1.29, 1.82) is 0 Å². The molecule has 0 atom stereocenters. The molecule has 0 amide bonds. The topological polar surface area (TPSA) is 36.9 Å². The summed E-state index contributed by atoms with van der Waals surface area (Å²) >= 11 is 0. The van der Waals surface area contributed by atoms with Crippen LogP contribution in [0, 0.1) is 17.3 Å². The van der Waals surface area contributed by atoms with Crippen LogP contribution in [0.3, 0.4) is 0 Å². The third kappa shape index (κ3) is 10.4. The largest absolute Gasteiger partial charge is 0.489 e. The third-order valence-corrected chi connectivity index (χ3v) is 13.4. The molecule has 0 spiro atoms. The zero-order valence-electron chi connectivity index (χ0n) is 36.8. The number of hydrogen-bond acceptors (Lipinski definition) is 4. The van der Waals surface area contributed by atoms with Crippen LogP contribution in [0.1, 0.15) is 115 Å². The van der Waals surface area contributed by atoms with Gasteiger partial charge in [-0.15, -0.1) is 0 Å². The highest BCUT2D eigenvalue weighted by atomic mass is 16.5. The van der Waals surface area contributed by atoms with Gasteiger partial charge in [-0.25, -0.2) is 0 Å². The molecular weight excluding hydrogens is 725 g/mol. The van der Waals surface area contributed by atoms with E-state index in [4.69, 9.17) is 18.9 Å². The van der Waals surface area contributed by atoms with Gasteiger partial charge in [0.1, 0.15) is 49.4 Å². The molecule has 0 aliphatic heterocycles. The van der Waals surface area contributed by atoms with E-state index in [9.17, 15) is 0 Å². The Hall–Kier alpha value is -4.96. The molecule has 0 unspecified atom stereocenters. The molecule has 0 bridgehead atoms. The molecule has 0 saturated heterocycles. The zero-order valence-corrected chi connectivity index (χ0v) is 36.8. The Bertz CT molecular complexity index is 1760. The Morgan fingerprint density at radius 3 is 0.814 bits per heavy atom. The molecule has 0 aromatic heterocycles. The molecule has 4 heteroatoms. The van der Waals surface area contributed by atoms with Gasteiger partial charge in [0.15, 0.2) is 0 Å². The summed E-state index contributed by atoms with van der Waals surface area (Å²) in [5, 5.41) is 0. The van der Waals surface area contributed by atoms with Crippen LogP contribution in [0.4, 0.5) is 0 Å². The highest BCUT2D eigenvalue weighted by Gasteiger charge is 2.48. The van der Waals surface area contributed by atoms with Crippen molar-refractivity contribution in [2.45, 2.75) is 104 Å². The lowest BCUT2D eigenvalue weighted by atomic mass is 9.53. The average Bonchev–Trinajstić information content (AvgIpc) is 3.24. The number of benzene rings is 4. The number of rotatable bonds is 18. The fraction of sp³-hybridized carbons (Fsp3) is 0.418. The second kappa shape index (κ2) is 19.0. The van der Waals surface area contributed by atoms with E-state index in [2.05, 4.69) is 137 Å².